The van der Waals surface area contributed by atoms with Crippen LogP contribution in [0.1, 0.15) is 34.0 Å². The molecule has 1 aliphatic rings. The molecule has 0 bridgehead atoms. The first-order valence-corrected chi connectivity index (χ1v) is 11.7. The van der Waals surface area contributed by atoms with E-state index in [0.29, 0.717) is 29.5 Å². The van der Waals surface area contributed by atoms with Crippen LogP contribution in [0.15, 0.2) is 53.6 Å². The molecule has 2 heterocycles. The van der Waals surface area contributed by atoms with Gasteiger partial charge in [-0.05, 0) is 56.2 Å². The summed E-state index contributed by atoms with van der Waals surface area (Å²) in [6.45, 7) is 6.68. The normalized spacial score (nSPS) is 16.7. The van der Waals surface area contributed by atoms with Gasteiger partial charge in [0.1, 0.15) is 11.5 Å². The van der Waals surface area contributed by atoms with Crippen molar-refractivity contribution in [3.05, 3.63) is 76.6 Å². The Morgan fingerprint density at radius 1 is 0.935 bits per heavy atom. The molecule has 0 amide bonds. The molecule has 0 N–H and O–H groups in total. The minimum absolute atomic E-state index is 0.372. The minimum atomic E-state index is -3.77. The molecular formula is C24H28N2O4S. The third kappa shape index (κ3) is 3.62. The molecule has 1 aliphatic heterocycles. The highest BCUT2D eigenvalue weighted by molar-refractivity contribution is 7.89. The zero-order chi connectivity index (χ0) is 22.3. The molecule has 7 heteroatoms. The van der Waals surface area contributed by atoms with Crippen LogP contribution in [0.4, 0.5) is 0 Å². The zero-order valence-corrected chi connectivity index (χ0v) is 19.4. The Kier molecular flexibility index (Phi) is 5.58. The van der Waals surface area contributed by atoms with Crippen molar-refractivity contribution in [2.75, 3.05) is 20.8 Å². The number of rotatable bonds is 5. The van der Waals surface area contributed by atoms with E-state index >= 15 is 0 Å². The van der Waals surface area contributed by atoms with Crippen molar-refractivity contribution >= 4 is 10.0 Å². The summed E-state index contributed by atoms with van der Waals surface area (Å²) in [5.41, 5.74) is 4.28. The van der Waals surface area contributed by atoms with Gasteiger partial charge in [0.05, 0.1) is 25.2 Å². The first-order valence-electron chi connectivity index (χ1n) is 10.2. The highest BCUT2D eigenvalue weighted by Gasteiger charge is 2.40. The van der Waals surface area contributed by atoms with Gasteiger partial charge in [-0.1, -0.05) is 17.7 Å². The molecule has 4 rings (SSSR count). The lowest BCUT2D eigenvalue weighted by Gasteiger charge is -2.37. The van der Waals surface area contributed by atoms with Gasteiger partial charge in [-0.3, -0.25) is 0 Å². The smallest absolute Gasteiger partial charge is 0.244 e. The second-order valence-electron chi connectivity index (χ2n) is 7.98. The summed E-state index contributed by atoms with van der Waals surface area (Å²) in [6.07, 6.45) is 1.99. The van der Waals surface area contributed by atoms with E-state index in [1.165, 1.54) is 0 Å². The summed E-state index contributed by atoms with van der Waals surface area (Å²) < 4.78 is 42.8. The minimum Gasteiger partial charge on any atom is -0.497 e. The van der Waals surface area contributed by atoms with E-state index in [2.05, 4.69) is 4.57 Å². The number of benzene rings is 2. The van der Waals surface area contributed by atoms with Gasteiger partial charge in [0.15, 0.2) is 0 Å². The van der Waals surface area contributed by atoms with Gasteiger partial charge in [-0.25, -0.2) is 8.42 Å². The van der Waals surface area contributed by atoms with Crippen molar-refractivity contribution < 1.29 is 17.9 Å². The summed E-state index contributed by atoms with van der Waals surface area (Å²) in [5.74, 6) is 1.25. The van der Waals surface area contributed by atoms with E-state index in [4.69, 9.17) is 9.47 Å². The lowest BCUT2D eigenvalue weighted by atomic mass is 10.0. The Bertz CT molecular complexity index is 1210. The molecule has 1 atom stereocenters. The van der Waals surface area contributed by atoms with E-state index < -0.39 is 16.1 Å². The average Bonchev–Trinajstić information content (AvgIpc) is 3.20. The number of ether oxygens (including phenoxy) is 2. The van der Waals surface area contributed by atoms with Crippen molar-refractivity contribution in [1.29, 1.82) is 0 Å². The molecule has 6 nitrogen and oxygen atoms in total. The Morgan fingerprint density at radius 3 is 2.29 bits per heavy atom. The monoisotopic (exact) mass is 440 g/mol. The van der Waals surface area contributed by atoms with Crippen molar-refractivity contribution in [3.63, 3.8) is 0 Å². The summed E-state index contributed by atoms with van der Waals surface area (Å²) in [7, 11) is -0.578. The summed E-state index contributed by atoms with van der Waals surface area (Å²) in [4.78, 5) is 0.385. The molecule has 1 aromatic heterocycles. The largest absolute Gasteiger partial charge is 0.497 e. The van der Waals surface area contributed by atoms with Crippen LogP contribution in [0.2, 0.25) is 0 Å². The van der Waals surface area contributed by atoms with Crippen LogP contribution in [0, 0.1) is 20.8 Å². The van der Waals surface area contributed by atoms with Crippen LogP contribution >= 0.6 is 0 Å². The fourth-order valence-electron chi connectivity index (χ4n) is 4.67. The maximum Gasteiger partial charge on any atom is 0.244 e. The maximum absolute atomic E-state index is 14.0. The van der Waals surface area contributed by atoms with Gasteiger partial charge in [-0.15, -0.1) is 0 Å². The number of hydrogen-bond acceptors (Lipinski definition) is 4. The Hall–Kier alpha value is -2.77. The van der Waals surface area contributed by atoms with Crippen LogP contribution in [0.25, 0.3) is 0 Å². The van der Waals surface area contributed by atoms with Crippen LogP contribution < -0.4 is 9.47 Å². The first-order chi connectivity index (χ1) is 14.8. The fourth-order valence-corrected chi connectivity index (χ4v) is 6.66. The van der Waals surface area contributed by atoms with Gasteiger partial charge >= 0.3 is 0 Å². The number of sulfonamides is 1. The van der Waals surface area contributed by atoms with Crippen LogP contribution in [-0.2, 0) is 16.6 Å². The molecule has 0 saturated carbocycles. The summed E-state index contributed by atoms with van der Waals surface area (Å²) in [6, 6.07) is 12.8. The highest BCUT2D eigenvalue weighted by atomic mass is 32.2. The molecular weight excluding hydrogens is 412 g/mol. The fraction of sp³-hybridized carbons (Fsp3) is 0.333. The Morgan fingerprint density at radius 2 is 1.65 bits per heavy atom. The quantitative estimate of drug-likeness (QED) is 0.596. The van der Waals surface area contributed by atoms with E-state index in [0.717, 1.165) is 27.9 Å². The molecule has 3 aromatic rings. The van der Waals surface area contributed by atoms with Gasteiger partial charge < -0.3 is 14.0 Å². The lowest BCUT2D eigenvalue weighted by molar-refractivity contribution is 0.290. The summed E-state index contributed by atoms with van der Waals surface area (Å²) in [5, 5.41) is 0. The second kappa shape index (κ2) is 8.05. The van der Waals surface area contributed by atoms with E-state index in [1.54, 1.807) is 24.6 Å². The van der Waals surface area contributed by atoms with Crippen molar-refractivity contribution in [3.8, 4) is 11.5 Å². The molecule has 164 valence electrons. The van der Waals surface area contributed by atoms with E-state index in [-0.39, 0.29) is 0 Å². The van der Waals surface area contributed by atoms with Gasteiger partial charge in [0.2, 0.25) is 10.0 Å². The first kappa shape index (κ1) is 21.5. The third-order valence-corrected chi connectivity index (χ3v) is 8.07. The van der Waals surface area contributed by atoms with Crippen LogP contribution in [-0.4, -0.2) is 38.1 Å². The predicted octanol–water partition coefficient (Wildman–Crippen LogP) is 4.22. The van der Waals surface area contributed by atoms with Gasteiger partial charge in [-0.2, -0.15) is 4.31 Å². The standard InChI is InChI=1S/C24H28N2O4S/c1-16-13-17(2)24(18(3)14-16)31(27,28)26-12-11-25-10-6-7-21(25)23(26)20-9-8-19(29-4)15-22(20)30-5/h6-10,13-15,23H,11-12H2,1-5H3. The molecule has 31 heavy (non-hydrogen) atoms. The number of hydrogen-bond donors (Lipinski definition) is 0. The molecule has 0 saturated heterocycles. The van der Waals surface area contributed by atoms with Crippen LogP contribution in [0.3, 0.4) is 0 Å². The van der Waals surface area contributed by atoms with Crippen LogP contribution in [0.5, 0.6) is 11.5 Å². The Labute approximate surface area is 184 Å². The van der Waals surface area contributed by atoms with Crippen molar-refractivity contribution in [1.82, 2.24) is 8.87 Å². The SMILES string of the molecule is COc1ccc(C2c3cccn3CCN2S(=O)(=O)c2c(C)cc(C)cc2C)c(OC)c1. The topological polar surface area (TPSA) is 60.8 Å². The van der Waals surface area contributed by atoms with E-state index in [9.17, 15) is 8.42 Å². The summed E-state index contributed by atoms with van der Waals surface area (Å²) >= 11 is 0. The highest BCUT2D eigenvalue weighted by Crippen LogP contribution is 2.42. The lowest BCUT2D eigenvalue weighted by Crippen LogP contribution is -2.42. The number of methoxy groups -OCH3 is 2. The maximum atomic E-state index is 14.0. The molecule has 0 aliphatic carbocycles. The van der Waals surface area contributed by atoms with Gasteiger partial charge in [0.25, 0.3) is 0 Å². The number of aryl methyl sites for hydroxylation is 3. The number of nitrogens with zero attached hydrogens (tertiary/aromatic N) is 2. The van der Waals surface area contributed by atoms with Gasteiger partial charge in [0, 0.05) is 36.6 Å². The predicted molar refractivity (Wildman–Crippen MR) is 120 cm³/mol. The van der Waals surface area contributed by atoms with E-state index in [1.807, 2.05) is 63.4 Å². The average molecular weight is 441 g/mol. The third-order valence-electron chi connectivity index (χ3n) is 5.90. The Balaban J connectivity index is 1.92. The zero-order valence-electron chi connectivity index (χ0n) is 18.5. The molecule has 0 radical (unpaired) electrons. The van der Waals surface area contributed by atoms with Crippen molar-refractivity contribution in [2.45, 2.75) is 38.3 Å². The molecule has 0 spiro atoms. The number of fused-ring (bicyclic) bond motifs is 1. The molecule has 1 unspecified atom stereocenters. The number of aromatic nitrogens is 1. The molecule has 0 fully saturated rings. The van der Waals surface area contributed by atoms with Crippen molar-refractivity contribution in [2.24, 2.45) is 0 Å². The second-order valence-corrected chi connectivity index (χ2v) is 9.81. The molecule has 2 aromatic carbocycles.